The van der Waals surface area contributed by atoms with Crippen LogP contribution in [-0.2, 0) is 9.53 Å². The van der Waals surface area contributed by atoms with Gasteiger partial charge in [-0.25, -0.2) is 9.59 Å². The van der Waals surface area contributed by atoms with Gasteiger partial charge < -0.3 is 10.1 Å². The van der Waals surface area contributed by atoms with E-state index in [9.17, 15) is 19.2 Å². The molecule has 2 N–H and O–H groups in total. The highest BCUT2D eigenvalue weighted by atomic mass is 16.5. The lowest BCUT2D eigenvalue weighted by molar-refractivity contribution is -0.127. The number of para-hydroxylation sites is 1. The number of nitrogens with zero attached hydrogens (tertiary/aromatic N) is 2. The Morgan fingerprint density at radius 1 is 1.00 bits per heavy atom. The first-order valence-corrected chi connectivity index (χ1v) is 8.73. The van der Waals surface area contributed by atoms with E-state index in [-0.39, 0.29) is 11.1 Å². The SMILES string of the molecule is CNC(=O)NC(=O)[C@@H](C)OC(=O)c1nn(-c2ccccc2)c(=O)c2ccccc12. The van der Waals surface area contributed by atoms with Gasteiger partial charge in [0.15, 0.2) is 11.8 Å². The Morgan fingerprint density at radius 2 is 1.62 bits per heavy atom. The van der Waals surface area contributed by atoms with Gasteiger partial charge in [-0.1, -0.05) is 36.4 Å². The number of rotatable bonds is 4. The van der Waals surface area contributed by atoms with Crippen molar-refractivity contribution in [2.24, 2.45) is 0 Å². The minimum Gasteiger partial charge on any atom is -0.448 e. The Hall–Kier alpha value is -4.01. The van der Waals surface area contributed by atoms with Crippen LogP contribution in [0.15, 0.2) is 59.4 Å². The van der Waals surface area contributed by atoms with Crippen molar-refractivity contribution in [2.75, 3.05) is 7.05 Å². The average Bonchev–Trinajstić information content (AvgIpc) is 2.74. The Kier molecular flexibility index (Phi) is 5.68. The maximum Gasteiger partial charge on any atom is 0.360 e. The number of fused-ring (bicyclic) bond motifs is 1. The van der Waals surface area contributed by atoms with Crippen LogP contribution in [0.3, 0.4) is 0 Å². The monoisotopic (exact) mass is 394 g/mol. The van der Waals surface area contributed by atoms with Crippen molar-refractivity contribution in [3.63, 3.8) is 0 Å². The first kappa shape index (κ1) is 19.7. The molecule has 1 atom stereocenters. The summed E-state index contributed by atoms with van der Waals surface area (Å²) in [5, 5.41) is 9.01. The molecule has 0 saturated heterocycles. The molecule has 29 heavy (non-hydrogen) atoms. The van der Waals surface area contributed by atoms with Crippen LogP contribution < -0.4 is 16.2 Å². The molecule has 1 aromatic heterocycles. The van der Waals surface area contributed by atoms with Crippen LogP contribution in [0.5, 0.6) is 0 Å². The van der Waals surface area contributed by atoms with E-state index in [2.05, 4.69) is 10.4 Å². The van der Waals surface area contributed by atoms with E-state index in [0.717, 1.165) is 4.68 Å². The number of hydrogen-bond acceptors (Lipinski definition) is 6. The summed E-state index contributed by atoms with van der Waals surface area (Å²) < 4.78 is 6.28. The molecule has 148 valence electrons. The summed E-state index contributed by atoms with van der Waals surface area (Å²) in [4.78, 5) is 48.8. The number of urea groups is 1. The number of nitrogens with one attached hydrogen (secondary N) is 2. The fourth-order valence-electron chi connectivity index (χ4n) is 2.63. The van der Waals surface area contributed by atoms with Crippen LogP contribution >= 0.6 is 0 Å². The maximum atomic E-state index is 12.8. The number of benzene rings is 2. The van der Waals surface area contributed by atoms with Crippen LogP contribution in [0, 0.1) is 0 Å². The molecule has 0 aliphatic carbocycles. The third-order valence-corrected chi connectivity index (χ3v) is 4.12. The van der Waals surface area contributed by atoms with E-state index in [0.29, 0.717) is 11.1 Å². The zero-order valence-electron chi connectivity index (χ0n) is 15.7. The Morgan fingerprint density at radius 3 is 2.28 bits per heavy atom. The van der Waals surface area contributed by atoms with E-state index in [1.165, 1.54) is 14.0 Å². The maximum absolute atomic E-state index is 12.8. The van der Waals surface area contributed by atoms with Gasteiger partial charge in [0.05, 0.1) is 11.1 Å². The summed E-state index contributed by atoms with van der Waals surface area (Å²) in [5.74, 6) is -1.69. The second kappa shape index (κ2) is 8.34. The Balaban J connectivity index is 2.01. The lowest BCUT2D eigenvalue weighted by Crippen LogP contribution is -2.43. The third-order valence-electron chi connectivity index (χ3n) is 4.12. The van der Waals surface area contributed by atoms with Crippen molar-refractivity contribution < 1.29 is 19.1 Å². The molecule has 0 fully saturated rings. The van der Waals surface area contributed by atoms with Gasteiger partial charge in [-0.15, -0.1) is 0 Å². The molecule has 0 aliphatic heterocycles. The van der Waals surface area contributed by atoms with Gasteiger partial charge in [-0.05, 0) is 25.1 Å². The second-order valence-electron chi connectivity index (χ2n) is 6.06. The van der Waals surface area contributed by atoms with Gasteiger partial charge >= 0.3 is 12.0 Å². The summed E-state index contributed by atoms with van der Waals surface area (Å²) in [6, 6.07) is 14.4. The van der Waals surface area contributed by atoms with Crippen LogP contribution in [0.25, 0.3) is 16.5 Å². The van der Waals surface area contributed by atoms with Crippen molar-refractivity contribution in [1.29, 1.82) is 0 Å². The number of hydrogen-bond donors (Lipinski definition) is 2. The summed E-state index contributed by atoms with van der Waals surface area (Å²) in [7, 11) is 1.35. The second-order valence-corrected chi connectivity index (χ2v) is 6.06. The van der Waals surface area contributed by atoms with Crippen LogP contribution in [-0.4, -0.2) is 40.8 Å². The zero-order valence-corrected chi connectivity index (χ0v) is 15.7. The van der Waals surface area contributed by atoms with Crippen molar-refractivity contribution in [3.05, 3.63) is 70.6 Å². The number of ether oxygens (including phenoxy) is 1. The quantitative estimate of drug-likeness (QED) is 0.646. The first-order chi connectivity index (χ1) is 13.9. The summed E-state index contributed by atoms with van der Waals surface area (Å²) in [5.41, 5.74) is -0.0416. The number of imide groups is 1. The largest absolute Gasteiger partial charge is 0.448 e. The van der Waals surface area contributed by atoms with Gasteiger partial charge in [0.25, 0.3) is 11.5 Å². The van der Waals surface area contributed by atoms with Gasteiger partial charge in [0.1, 0.15) is 0 Å². The highest BCUT2D eigenvalue weighted by molar-refractivity contribution is 6.03. The lowest BCUT2D eigenvalue weighted by atomic mass is 10.1. The normalized spacial score (nSPS) is 11.5. The molecule has 1 heterocycles. The molecule has 9 nitrogen and oxygen atoms in total. The minimum absolute atomic E-state index is 0.122. The summed E-state index contributed by atoms with van der Waals surface area (Å²) in [6.45, 7) is 1.32. The number of amides is 3. The number of aromatic nitrogens is 2. The predicted octanol–water partition coefficient (Wildman–Crippen LogP) is 1.39. The van der Waals surface area contributed by atoms with E-state index < -0.39 is 29.6 Å². The van der Waals surface area contributed by atoms with E-state index in [1.807, 2.05) is 5.32 Å². The molecule has 3 rings (SSSR count). The zero-order chi connectivity index (χ0) is 21.0. The highest BCUT2D eigenvalue weighted by Crippen LogP contribution is 2.16. The Labute approximate surface area is 165 Å². The van der Waals surface area contributed by atoms with Crippen LogP contribution in [0.2, 0.25) is 0 Å². The van der Waals surface area contributed by atoms with Gasteiger partial charge in [0.2, 0.25) is 0 Å². The molecule has 0 aliphatic rings. The van der Waals surface area contributed by atoms with E-state index >= 15 is 0 Å². The molecule has 0 spiro atoms. The fourth-order valence-corrected chi connectivity index (χ4v) is 2.63. The number of carbonyl (C=O) groups is 3. The van der Waals surface area contributed by atoms with Crippen LogP contribution in [0.4, 0.5) is 4.79 Å². The molecule has 9 heteroatoms. The van der Waals surface area contributed by atoms with E-state index in [4.69, 9.17) is 4.74 Å². The van der Waals surface area contributed by atoms with Crippen molar-refractivity contribution >= 4 is 28.7 Å². The van der Waals surface area contributed by atoms with Crippen molar-refractivity contribution in [3.8, 4) is 5.69 Å². The molecule has 3 aromatic rings. The molecular formula is C20H18N4O5. The summed E-state index contributed by atoms with van der Waals surface area (Å²) >= 11 is 0. The molecule has 0 saturated carbocycles. The van der Waals surface area contributed by atoms with Crippen LogP contribution in [0.1, 0.15) is 17.4 Å². The third kappa shape index (κ3) is 4.13. The van der Waals surface area contributed by atoms with E-state index in [1.54, 1.807) is 54.6 Å². The first-order valence-electron chi connectivity index (χ1n) is 8.73. The standard InChI is InChI=1S/C20H18N4O5/c1-12(17(25)22-20(28)21-2)29-19(27)16-14-10-6-7-11-15(14)18(26)24(23-16)13-8-4-3-5-9-13/h3-12H,1-2H3,(H2,21,22,25,28)/t12-/m1/s1. The van der Waals surface area contributed by atoms with Gasteiger partial charge in [-0.2, -0.15) is 9.78 Å². The van der Waals surface area contributed by atoms with Gasteiger partial charge in [0, 0.05) is 12.4 Å². The molecule has 0 unspecified atom stereocenters. The predicted molar refractivity (Wildman–Crippen MR) is 105 cm³/mol. The number of carbonyl (C=O) groups excluding carboxylic acids is 3. The molecule has 3 amide bonds. The average molecular weight is 394 g/mol. The molecule has 2 aromatic carbocycles. The summed E-state index contributed by atoms with van der Waals surface area (Å²) in [6.07, 6.45) is -1.25. The highest BCUT2D eigenvalue weighted by Gasteiger charge is 2.24. The van der Waals surface area contributed by atoms with Crippen molar-refractivity contribution in [1.82, 2.24) is 20.4 Å². The fraction of sp³-hybridized carbons (Fsp3) is 0.150. The van der Waals surface area contributed by atoms with Crippen molar-refractivity contribution in [2.45, 2.75) is 13.0 Å². The molecule has 0 bridgehead atoms. The van der Waals surface area contributed by atoms with Gasteiger partial charge in [-0.3, -0.25) is 14.9 Å². The smallest absolute Gasteiger partial charge is 0.360 e. The molecular weight excluding hydrogens is 376 g/mol. The minimum atomic E-state index is -1.25. The lowest BCUT2D eigenvalue weighted by Gasteiger charge is -2.14. The topological polar surface area (TPSA) is 119 Å². The number of esters is 1. The molecule has 0 radical (unpaired) electrons. The Bertz CT molecular complexity index is 1140.